The minimum atomic E-state index is -0.595. The number of hydrogen-bond acceptors (Lipinski definition) is 5. The van der Waals surface area contributed by atoms with Gasteiger partial charge in [-0.25, -0.2) is 0 Å². The summed E-state index contributed by atoms with van der Waals surface area (Å²) in [7, 11) is 0. The maximum Gasteiger partial charge on any atom is 0.271 e. The molecule has 0 aliphatic heterocycles. The van der Waals surface area contributed by atoms with Crippen molar-refractivity contribution < 1.29 is 4.92 Å². The van der Waals surface area contributed by atoms with Crippen molar-refractivity contribution in [3.63, 3.8) is 0 Å². The van der Waals surface area contributed by atoms with Crippen LogP contribution in [0.2, 0.25) is 20.1 Å². The third-order valence-electron chi connectivity index (χ3n) is 2.97. The highest BCUT2D eigenvalue weighted by Gasteiger charge is 2.22. The van der Waals surface area contributed by atoms with Gasteiger partial charge < -0.3 is 5.32 Å². The lowest BCUT2D eigenvalue weighted by Crippen LogP contribution is -1.99. The smallest absolute Gasteiger partial charge is 0.271 e. The predicted octanol–water partition coefficient (Wildman–Crippen LogP) is 5.70. The lowest BCUT2D eigenvalue weighted by atomic mass is 10.1. The van der Waals surface area contributed by atoms with Crippen LogP contribution in [0.4, 0.5) is 17.1 Å². The highest BCUT2D eigenvalue weighted by Crippen LogP contribution is 2.43. The van der Waals surface area contributed by atoms with Crippen LogP contribution < -0.4 is 5.32 Å². The first-order valence-corrected chi connectivity index (χ1v) is 7.54. The van der Waals surface area contributed by atoms with Crippen LogP contribution in [0.1, 0.15) is 11.1 Å². The molecule has 0 aliphatic carbocycles. The largest absolute Gasteiger partial charge is 0.352 e. The van der Waals surface area contributed by atoms with E-state index >= 15 is 0 Å². The lowest BCUT2D eigenvalue weighted by Gasteiger charge is -2.15. The summed E-state index contributed by atoms with van der Waals surface area (Å²) < 4.78 is 0. The summed E-state index contributed by atoms with van der Waals surface area (Å²) in [5.74, 6) is 0. The maximum atomic E-state index is 10.7. The van der Waals surface area contributed by atoms with Crippen molar-refractivity contribution in [3.05, 3.63) is 59.5 Å². The van der Waals surface area contributed by atoms with Gasteiger partial charge in [0.15, 0.2) is 0 Å². The first kappa shape index (κ1) is 18.1. The van der Waals surface area contributed by atoms with Crippen molar-refractivity contribution in [2.45, 2.75) is 0 Å². The average molecular weight is 402 g/mol. The van der Waals surface area contributed by atoms with E-state index in [0.717, 1.165) is 6.07 Å². The number of nitriles is 2. The molecule has 0 fully saturated rings. The molecule has 2 aromatic carbocycles. The highest BCUT2D eigenvalue weighted by molar-refractivity contribution is 6.47. The maximum absolute atomic E-state index is 10.7. The van der Waals surface area contributed by atoms with Gasteiger partial charge in [0.2, 0.25) is 0 Å². The molecule has 0 radical (unpaired) electrons. The zero-order valence-corrected chi connectivity index (χ0v) is 14.4. The Morgan fingerprint density at radius 3 is 2.08 bits per heavy atom. The summed E-state index contributed by atoms with van der Waals surface area (Å²) in [4.78, 5) is 10.1. The van der Waals surface area contributed by atoms with Crippen LogP contribution in [0, 0.1) is 32.8 Å². The molecule has 2 rings (SSSR count). The second kappa shape index (κ2) is 7.12. The van der Waals surface area contributed by atoms with Gasteiger partial charge in [-0.3, -0.25) is 10.1 Å². The van der Waals surface area contributed by atoms with Crippen LogP contribution in [0.15, 0.2) is 18.2 Å². The van der Waals surface area contributed by atoms with E-state index in [1.54, 1.807) is 12.1 Å². The predicted molar refractivity (Wildman–Crippen MR) is 92.3 cm³/mol. The molecule has 0 saturated carbocycles. The Bertz CT molecular complexity index is 948. The molecular weight excluding hydrogens is 398 g/mol. The summed E-state index contributed by atoms with van der Waals surface area (Å²) in [6.07, 6.45) is 0. The van der Waals surface area contributed by atoms with Crippen LogP contribution >= 0.6 is 46.4 Å². The lowest BCUT2D eigenvalue weighted by molar-refractivity contribution is -0.384. The summed E-state index contributed by atoms with van der Waals surface area (Å²) in [6, 6.07) is 7.28. The van der Waals surface area contributed by atoms with Gasteiger partial charge in [-0.15, -0.1) is 0 Å². The van der Waals surface area contributed by atoms with Crippen LogP contribution in [-0.4, -0.2) is 4.92 Å². The molecular formula is C14H4Cl4N4O2. The van der Waals surface area contributed by atoms with Gasteiger partial charge in [0.25, 0.3) is 5.69 Å². The number of nitrogens with one attached hydrogen (secondary N) is 1. The standard InChI is InChI=1S/C14H4Cl4N4O2/c15-9-3-6(22(23)24)1-2-10(9)21-14-12(17)8(5-20)7(4-19)11(16)13(14)18/h1-3,21H. The fraction of sp³-hybridized carbons (Fsp3) is 0. The average Bonchev–Trinajstić information content (AvgIpc) is 2.55. The number of rotatable bonds is 3. The number of nitro benzene ring substituents is 1. The third kappa shape index (κ3) is 3.19. The number of nitrogens with zero attached hydrogens (tertiary/aromatic N) is 3. The van der Waals surface area contributed by atoms with Crippen LogP contribution in [-0.2, 0) is 0 Å². The Hall–Kier alpha value is -2.22. The highest BCUT2D eigenvalue weighted by atomic mass is 35.5. The summed E-state index contributed by atoms with van der Waals surface area (Å²) in [5.41, 5.74) is -0.160. The van der Waals surface area contributed by atoms with Gasteiger partial charge in [0.05, 0.1) is 47.5 Å². The molecule has 24 heavy (non-hydrogen) atoms. The molecule has 0 heterocycles. The molecule has 0 saturated heterocycles. The fourth-order valence-corrected chi connectivity index (χ4v) is 2.85. The first-order chi connectivity index (χ1) is 11.3. The molecule has 0 bridgehead atoms. The molecule has 1 N–H and O–H groups in total. The first-order valence-electron chi connectivity index (χ1n) is 6.03. The second-order valence-electron chi connectivity index (χ2n) is 4.34. The Morgan fingerprint density at radius 1 is 1.00 bits per heavy atom. The molecule has 10 heteroatoms. The molecule has 0 aliphatic rings. The Balaban J connectivity index is 2.60. The van der Waals surface area contributed by atoms with Gasteiger partial charge >= 0.3 is 0 Å². The topological polar surface area (TPSA) is 103 Å². The van der Waals surface area contributed by atoms with Crippen LogP contribution in [0.3, 0.4) is 0 Å². The van der Waals surface area contributed by atoms with Gasteiger partial charge in [-0.1, -0.05) is 46.4 Å². The Labute approximate surface area is 155 Å². The van der Waals surface area contributed by atoms with E-state index in [0.29, 0.717) is 0 Å². The molecule has 0 spiro atoms. The summed E-state index contributed by atoms with van der Waals surface area (Å²) >= 11 is 24.2. The number of halogens is 4. The van der Waals surface area contributed by atoms with E-state index in [2.05, 4.69) is 5.32 Å². The molecule has 0 atom stereocenters. The monoisotopic (exact) mass is 400 g/mol. The van der Waals surface area contributed by atoms with Crippen molar-refractivity contribution in [2.75, 3.05) is 5.32 Å². The molecule has 0 unspecified atom stereocenters. The SMILES string of the molecule is N#Cc1c(Cl)c(Cl)c(Nc2ccc([N+](=O)[O-])cc2Cl)c(Cl)c1C#N. The van der Waals surface area contributed by atoms with E-state index in [4.69, 9.17) is 51.7 Å². The van der Waals surface area contributed by atoms with Crippen molar-refractivity contribution in [2.24, 2.45) is 0 Å². The van der Waals surface area contributed by atoms with Gasteiger partial charge in [0.1, 0.15) is 12.1 Å². The number of non-ortho nitro benzene ring substituents is 1. The third-order valence-corrected chi connectivity index (χ3v) is 4.51. The normalized spacial score (nSPS) is 9.92. The van der Waals surface area contributed by atoms with Gasteiger partial charge in [-0.05, 0) is 6.07 Å². The van der Waals surface area contributed by atoms with Gasteiger partial charge in [-0.2, -0.15) is 10.5 Å². The van der Waals surface area contributed by atoms with Crippen molar-refractivity contribution >= 4 is 63.5 Å². The van der Waals surface area contributed by atoms with E-state index in [1.807, 2.05) is 0 Å². The van der Waals surface area contributed by atoms with Gasteiger partial charge in [0, 0.05) is 12.1 Å². The number of nitro groups is 1. The van der Waals surface area contributed by atoms with E-state index in [9.17, 15) is 15.4 Å². The van der Waals surface area contributed by atoms with Crippen molar-refractivity contribution in [3.8, 4) is 12.1 Å². The van der Waals surface area contributed by atoms with Crippen molar-refractivity contribution in [1.29, 1.82) is 10.5 Å². The Morgan fingerprint density at radius 2 is 1.58 bits per heavy atom. The quantitative estimate of drug-likeness (QED) is 0.403. The fourth-order valence-electron chi connectivity index (χ4n) is 1.83. The molecule has 0 aromatic heterocycles. The number of anilines is 2. The van der Waals surface area contributed by atoms with Crippen LogP contribution in [0.25, 0.3) is 0 Å². The van der Waals surface area contributed by atoms with E-state index in [-0.39, 0.29) is 48.3 Å². The Kier molecular flexibility index (Phi) is 5.38. The van der Waals surface area contributed by atoms with E-state index < -0.39 is 4.92 Å². The number of benzene rings is 2. The summed E-state index contributed by atoms with van der Waals surface area (Å²) in [5, 5.41) is 31.5. The molecule has 120 valence electrons. The zero-order valence-electron chi connectivity index (χ0n) is 11.4. The van der Waals surface area contributed by atoms with Crippen LogP contribution in [0.5, 0.6) is 0 Å². The van der Waals surface area contributed by atoms with E-state index in [1.165, 1.54) is 12.1 Å². The molecule has 2 aromatic rings. The number of hydrogen-bond donors (Lipinski definition) is 1. The minimum Gasteiger partial charge on any atom is -0.352 e. The second-order valence-corrected chi connectivity index (χ2v) is 5.88. The molecule has 6 nitrogen and oxygen atoms in total. The summed E-state index contributed by atoms with van der Waals surface area (Å²) in [6.45, 7) is 0. The van der Waals surface area contributed by atoms with Crippen molar-refractivity contribution in [1.82, 2.24) is 0 Å². The minimum absolute atomic E-state index is 0.0373. The molecule has 0 amide bonds. The zero-order chi connectivity index (χ0) is 18.0.